The van der Waals surface area contributed by atoms with Crippen LogP contribution in [0.25, 0.3) is 11.1 Å². The number of ether oxygens (including phenoxy) is 6. The molecule has 0 spiro atoms. The number of carbonyl (C=O) groups excluding carboxylic acids is 1. The Kier molecular flexibility index (Phi) is 9.39. The van der Waals surface area contributed by atoms with Gasteiger partial charge >= 0.3 is 5.97 Å². The highest BCUT2D eigenvalue weighted by Crippen LogP contribution is 2.25. The number of unbranched alkanes of at least 4 members (excludes halogenated alkanes) is 1. The lowest BCUT2D eigenvalue weighted by Gasteiger charge is -2.09. The molecule has 3 aromatic carbocycles. The number of carbonyl (C=O) groups is 1. The van der Waals surface area contributed by atoms with Crippen LogP contribution in [0.4, 0.5) is 0 Å². The highest BCUT2D eigenvalue weighted by Gasteiger charge is 2.22. The van der Waals surface area contributed by atoms with Crippen LogP contribution in [-0.4, -0.2) is 64.4 Å². The minimum absolute atomic E-state index is 0.278. The summed E-state index contributed by atoms with van der Waals surface area (Å²) in [5.74, 6) is 0.974. The summed E-state index contributed by atoms with van der Waals surface area (Å²) in [4.78, 5) is 12.6. The monoisotopic (exact) mass is 518 g/mol. The van der Waals surface area contributed by atoms with Gasteiger partial charge in [0.2, 0.25) is 0 Å². The lowest BCUT2D eigenvalue weighted by Crippen LogP contribution is -2.09. The van der Waals surface area contributed by atoms with Gasteiger partial charge in [0, 0.05) is 6.61 Å². The first-order valence-corrected chi connectivity index (χ1v) is 13.3. The summed E-state index contributed by atoms with van der Waals surface area (Å²) >= 11 is 0. The maximum absolute atomic E-state index is 12.6. The van der Waals surface area contributed by atoms with E-state index in [2.05, 4.69) is 0 Å². The third-order valence-corrected chi connectivity index (χ3v) is 6.34. The van der Waals surface area contributed by atoms with Crippen LogP contribution >= 0.6 is 0 Å². The minimum atomic E-state index is -0.378. The first-order chi connectivity index (χ1) is 18.7. The maximum atomic E-state index is 12.6. The molecule has 0 radical (unpaired) electrons. The standard InChI is InChI=1S/C31H34O7/c32-31(26-5-3-23(4-6-26)15-18-34-20-30-22-37-30)38-28-13-9-25(10-14-28)24-7-11-27(12-8-24)35-17-2-1-16-33-19-29-21-36-29/h3-14,29-30H,1-2,15-22H2. The predicted octanol–water partition coefficient (Wildman–Crippen LogP) is 5.11. The van der Waals surface area contributed by atoms with E-state index >= 15 is 0 Å². The number of benzene rings is 3. The Bertz CT molecular complexity index is 1130. The minimum Gasteiger partial charge on any atom is -0.494 e. The molecule has 38 heavy (non-hydrogen) atoms. The van der Waals surface area contributed by atoms with Crippen LogP contribution < -0.4 is 9.47 Å². The summed E-state index contributed by atoms with van der Waals surface area (Å²) in [6.07, 6.45) is 3.31. The molecule has 2 atom stereocenters. The van der Waals surface area contributed by atoms with Crippen LogP contribution in [0.1, 0.15) is 28.8 Å². The van der Waals surface area contributed by atoms with Crippen molar-refractivity contribution in [3.63, 3.8) is 0 Å². The zero-order valence-corrected chi connectivity index (χ0v) is 21.5. The van der Waals surface area contributed by atoms with Crippen molar-refractivity contribution in [1.82, 2.24) is 0 Å². The van der Waals surface area contributed by atoms with Crippen molar-refractivity contribution in [2.45, 2.75) is 31.5 Å². The fraction of sp³-hybridized carbons (Fsp3) is 0.387. The van der Waals surface area contributed by atoms with Crippen molar-refractivity contribution in [3.05, 3.63) is 83.9 Å². The fourth-order valence-electron chi connectivity index (χ4n) is 3.88. The molecule has 0 aliphatic carbocycles. The average molecular weight is 519 g/mol. The molecule has 5 rings (SSSR count). The normalized spacial score (nSPS) is 17.7. The average Bonchev–Trinajstić information content (AvgIpc) is 3.88. The Labute approximate surface area is 223 Å². The summed E-state index contributed by atoms with van der Waals surface area (Å²) < 4.78 is 32.8. The van der Waals surface area contributed by atoms with Crippen molar-refractivity contribution >= 4 is 5.97 Å². The quantitative estimate of drug-likeness (QED) is 0.113. The van der Waals surface area contributed by atoms with E-state index in [9.17, 15) is 4.79 Å². The Hall–Kier alpha value is -3.23. The van der Waals surface area contributed by atoms with Gasteiger partial charge < -0.3 is 28.4 Å². The van der Waals surface area contributed by atoms with E-state index in [1.54, 1.807) is 12.1 Å². The smallest absolute Gasteiger partial charge is 0.343 e. The number of hydrogen-bond acceptors (Lipinski definition) is 7. The van der Waals surface area contributed by atoms with Crippen LogP contribution in [-0.2, 0) is 25.4 Å². The molecular formula is C31H34O7. The molecule has 2 aliphatic heterocycles. The highest BCUT2D eigenvalue weighted by atomic mass is 16.6. The highest BCUT2D eigenvalue weighted by molar-refractivity contribution is 5.91. The molecular weight excluding hydrogens is 484 g/mol. The fourth-order valence-corrected chi connectivity index (χ4v) is 3.88. The van der Waals surface area contributed by atoms with Crippen molar-refractivity contribution in [2.24, 2.45) is 0 Å². The van der Waals surface area contributed by atoms with E-state index in [4.69, 9.17) is 28.4 Å². The van der Waals surface area contributed by atoms with Gasteiger partial charge in [0.25, 0.3) is 0 Å². The Morgan fingerprint density at radius 3 is 1.84 bits per heavy atom. The number of rotatable bonds is 16. The lowest BCUT2D eigenvalue weighted by molar-refractivity contribution is 0.0734. The van der Waals surface area contributed by atoms with Crippen LogP contribution in [0.2, 0.25) is 0 Å². The summed E-state index contributed by atoms with van der Waals surface area (Å²) in [6, 6.07) is 23.0. The third kappa shape index (κ3) is 8.67. The number of epoxide rings is 2. The Morgan fingerprint density at radius 1 is 0.684 bits per heavy atom. The van der Waals surface area contributed by atoms with Gasteiger partial charge in [-0.15, -0.1) is 0 Å². The molecule has 200 valence electrons. The van der Waals surface area contributed by atoms with Gasteiger partial charge in [-0.25, -0.2) is 4.79 Å². The molecule has 7 nitrogen and oxygen atoms in total. The second-order valence-corrected chi connectivity index (χ2v) is 9.50. The Morgan fingerprint density at radius 2 is 1.24 bits per heavy atom. The zero-order chi connectivity index (χ0) is 26.0. The van der Waals surface area contributed by atoms with Gasteiger partial charge in [-0.3, -0.25) is 0 Å². The van der Waals surface area contributed by atoms with E-state index in [0.717, 1.165) is 61.5 Å². The number of esters is 1. The van der Waals surface area contributed by atoms with Gasteiger partial charge in [0.05, 0.1) is 45.2 Å². The molecule has 2 saturated heterocycles. The first-order valence-electron chi connectivity index (χ1n) is 13.3. The van der Waals surface area contributed by atoms with Gasteiger partial charge in [-0.1, -0.05) is 36.4 Å². The van der Waals surface area contributed by atoms with Crippen LogP contribution in [0.5, 0.6) is 11.5 Å². The van der Waals surface area contributed by atoms with E-state index in [1.165, 1.54) is 0 Å². The molecule has 0 bridgehead atoms. The van der Waals surface area contributed by atoms with Crippen molar-refractivity contribution in [2.75, 3.05) is 46.2 Å². The molecule has 7 heteroatoms. The Balaban J connectivity index is 1.02. The molecule has 0 N–H and O–H groups in total. The van der Waals surface area contributed by atoms with Crippen LogP contribution in [0, 0.1) is 0 Å². The van der Waals surface area contributed by atoms with Crippen molar-refractivity contribution in [3.8, 4) is 22.6 Å². The molecule has 2 heterocycles. The van der Waals surface area contributed by atoms with Gasteiger partial charge in [0.1, 0.15) is 23.7 Å². The van der Waals surface area contributed by atoms with Crippen molar-refractivity contribution < 1.29 is 33.2 Å². The van der Waals surface area contributed by atoms with Gasteiger partial charge in [-0.05, 0) is 72.4 Å². The molecule has 2 fully saturated rings. The summed E-state index contributed by atoms with van der Waals surface area (Å²) in [7, 11) is 0. The van der Waals surface area contributed by atoms with Gasteiger partial charge in [0.15, 0.2) is 0 Å². The molecule has 0 amide bonds. The van der Waals surface area contributed by atoms with Gasteiger partial charge in [-0.2, -0.15) is 0 Å². The molecule has 2 aliphatic rings. The molecule has 0 aromatic heterocycles. The predicted molar refractivity (Wildman–Crippen MR) is 143 cm³/mol. The zero-order valence-electron chi connectivity index (χ0n) is 21.5. The summed E-state index contributed by atoms with van der Waals surface area (Å²) in [6.45, 7) is 5.03. The maximum Gasteiger partial charge on any atom is 0.343 e. The summed E-state index contributed by atoms with van der Waals surface area (Å²) in [5, 5.41) is 0. The largest absolute Gasteiger partial charge is 0.494 e. The van der Waals surface area contributed by atoms with E-state index in [-0.39, 0.29) is 12.1 Å². The van der Waals surface area contributed by atoms with Crippen LogP contribution in [0.3, 0.4) is 0 Å². The summed E-state index contributed by atoms with van der Waals surface area (Å²) in [5.41, 5.74) is 3.73. The molecule has 2 unspecified atom stereocenters. The van der Waals surface area contributed by atoms with E-state index < -0.39 is 0 Å². The lowest BCUT2D eigenvalue weighted by atomic mass is 10.1. The SMILES string of the molecule is O=C(Oc1ccc(-c2ccc(OCCCCOCC3CO3)cc2)cc1)c1ccc(CCOCC2CO2)cc1. The molecule has 0 saturated carbocycles. The first kappa shape index (κ1) is 26.4. The van der Waals surface area contributed by atoms with Crippen molar-refractivity contribution in [1.29, 1.82) is 0 Å². The topological polar surface area (TPSA) is 79.1 Å². The van der Waals surface area contributed by atoms with E-state index in [0.29, 0.717) is 43.8 Å². The second kappa shape index (κ2) is 13.5. The van der Waals surface area contributed by atoms with E-state index in [1.807, 2.05) is 60.7 Å². The van der Waals surface area contributed by atoms with Crippen LogP contribution in [0.15, 0.2) is 72.8 Å². The molecule has 3 aromatic rings. The second-order valence-electron chi connectivity index (χ2n) is 9.50. The number of hydrogen-bond donors (Lipinski definition) is 0. The third-order valence-electron chi connectivity index (χ3n) is 6.34.